The Morgan fingerprint density at radius 3 is 2.33 bits per heavy atom. The van der Waals surface area contributed by atoms with Crippen LogP contribution in [0.15, 0.2) is 48.7 Å². The van der Waals surface area contributed by atoms with E-state index in [9.17, 15) is 5.21 Å². The number of aromatic nitrogens is 1. The van der Waals surface area contributed by atoms with Crippen LogP contribution in [0.25, 0.3) is 12.2 Å². The maximum Gasteiger partial charge on any atom is 0.216 e. The van der Waals surface area contributed by atoms with Crippen molar-refractivity contribution in [1.82, 2.24) is 0 Å². The van der Waals surface area contributed by atoms with Crippen LogP contribution in [-0.4, -0.2) is 14.1 Å². The molecule has 0 aliphatic carbocycles. The van der Waals surface area contributed by atoms with Crippen LogP contribution < -0.4 is 9.63 Å². The van der Waals surface area contributed by atoms with E-state index in [1.165, 1.54) is 6.20 Å². The first-order valence-electron chi connectivity index (χ1n) is 5.80. The van der Waals surface area contributed by atoms with Gasteiger partial charge < -0.3 is 10.1 Å². The van der Waals surface area contributed by atoms with Gasteiger partial charge in [-0.05, 0) is 29.8 Å². The van der Waals surface area contributed by atoms with E-state index in [4.69, 9.17) is 0 Å². The van der Waals surface area contributed by atoms with Gasteiger partial charge in [-0.1, -0.05) is 12.1 Å². The second-order valence-electron chi connectivity index (χ2n) is 4.27. The lowest BCUT2D eigenvalue weighted by molar-refractivity contribution is -0.607. The van der Waals surface area contributed by atoms with E-state index < -0.39 is 0 Å². The van der Waals surface area contributed by atoms with Gasteiger partial charge in [-0.25, -0.2) is 0 Å². The van der Waals surface area contributed by atoms with Crippen LogP contribution in [0.1, 0.15) is 11.3 Å². The summed E-state index contributed by atoms with van der Waals surface area (Å²) in [6.45, 7) is 0. The van der Waals surface area contributed by atoms with Gasteiger partial charge in [0.1, 0.15) is 0 Å². The number of anilines is 1. The highest BCUT2D eigenvalue weighted by Gasteiger charge is 1.98. The normalized spacial score (nSPS) is 10.8. The third-order valence-corrected chi connectivity index (χ3v) is 2.71. The molecule has 1 heterocycles. The molecular formula is C15H16N2O. The summed E-state index contributed by atoms with van der Waals surface area (Å²) in [5.74, 6) is 0. The number of benzene rings is 1. The van der Waals surface area contributed by atoms with Gasteiger partial charge in [0, 0.05) is 38.0 Å². The maximum absolute atomic E-state index is 11.4. The largest absolute Gasteiger partial charge is 0.618 e. The van der Waals surface area contributed by atoms with Gasteiger partial charge >= 0.3 is 0 Å². The molecule has 2 aromatic rings. The summed E-state index contributed by atoms with van der Waals surface area (Å²) in [4.78, 5) is 2.05. The van der Waals surface area contributed by atoms with Crippen molar-refractivity contribution < 1.29 is 4.73 Å². The molecule has 2 rings (SSSR count). The van der Waals surface area contributed by atoms with Crippen LogP contribution in [0.3, 0.4) is 0 Å². The highest BCUT2D eigenvalue weighted by Crippen LogP contribution is 2.13. The number of rotatable bonds is 3. The van der Waals surface area contributed by atoms with E-state index in [2.05, 4.69) is 17.0 Å². The molecular weight excluding hydrogens is 224 g/mol. The molecule has 0 unspecified atom stereocenters. The Morgan fingerprint density at radius 1 is 1.00 bits per heavy atom. The van der Waals surface area contributed by atoms with Crippen LogP contribution in [0, 0.1) is 5.21 Å². The number of hydrogen-bond donors (Lipinski definition) is 0. The summed E-state index contributed by atoms with van der Waals surface area (Å²) in [7, 11) is 4.02. The summed E-state index contributed by atoms with van der Waals surface area (Å²) >= 11 is 0. The molecule has 0 radical (unpaired) electrons. The molecule has 3 nitrogen and oxygen atoms in total. The van der Waals surface area contributed by atoms with E-state index >= 15 is 0 Å². The minimum absolute atomic E-state index is 0.634. The van der Waals surface area contributed by atoms with Crippen molar-refractivity contribution in [2.75, 3.05) is 19.0 Å². The molecule has 0 saturated carbocycles. The van der Waals surface area contributed by atoms with Crippen LogP contribution in [0.5, 0.6) is 0 Å². The molecule has 0 fully saturated rings. The fourth-order valence-corrected chi connectivity index (χ4v) is 1.64. The lowest BCUT2D eigenvalue weighted by Gasteiger charge is -2.11. The van der Waals surface area contributed by atoms with E-state index in [0.717, 1.165) is 16.0 Å². The Bertz CT molecular complexity index is 545. The minimum Gasteiger partial charge on any atom is -0.618 e. The molecule has 1 aromatic heterocycles. The smallest absolute Gasteiger partial charge is 0.216 e. The second-order valence-corrected chi connectivity index (χ2v) is 4.27. The summed E-state index contributed by atoms with van der Waals surface area (Å²) < 4.78 is 0.852. The zero-order chi connectivity index (χ0) is 13.0. The molecule has 0 aliphatic rings. The Kier molecular flexibility index (Phi) is 3.63. The van der Waals surface area contributed by atoms with E-state index in [0.29, 0.717) is 5.69 Å². The van der Waals surface area contributed by atoms with Crippen molar-refractivity contribution >= 4 is 17.8 Å². The van der Waals surface area contributed by atoms with Crippen LogP contribution >= 0.6 is 0 Å². The third kappa shape index (κ3) is 2.88. The fraction of sp³-hybridized carbons (Fsp3) is 0.133. The number of nitrogens with zero attached hydrogens (tertiary/aromatic N) is 2. The SMILES string of the molecule is CN(C)c1ccc(C=Cc2cccc[n+]2[O-])cc1. The minimum atomic E-state index is 0.634. The topological polar surface area (TPSA) is 30.2 Å². The fourth-order valence-electron chi connectivity index (χ4n) is 1.64. The van der Waals surface area contributed by atoms with Crippen molar-refractivity contribution in [3.63, 3.8) is 0 Å². The highest BCUT2D eigenvalue weighted by atomic mass is 16.5. The van der Waals surface area contributed by atoms with Crippen molar-refractivity contribution in [3.8, 4) is 0 Å². The molecule has 0 spiro atoms. The Labute approximate surface area is 107 Å². The zero-order valence-electron chi connectivity index (χ0n) is 10.6. The highest BCUT2D eigenvalue weighted by molar-refractivity contribution is 5.68. The third-order valence-electron chi connectivity index (χ3n) is 2.71. The molecule has 3 heteroatoms. The van der Waals surface area contributed by atoms with E-state index in [1.54, 1.807) is 12.1 Å². The van der Waals surface area contributed by atoms with E-state index in [-0.39, 0.29) is 0 Å². The number of hydrogen-bond acceptors (Lipinski definition) is 2. The molecule has 0 amide bonds. The lowest BCUT2D eigenvalue weighted by Crippen LogP contribution is -2.28. The molecule has 92 valence electrons. The summed E-state index contributed by atoms with van der Waals surface area (Å²) in [5.41, 5.74) is 2.87. The van der Waals surface area contributed by atoms with Crippen molar-refractivity contribution in [2.45, 2.75) is 0 Å². The molecule has 0 aliphatic heterocycles. The van der Waals surface area contributed by atoms with Crippen molar-refractivity contribution in [2.24, 2.45) is 0 Å². The van der Waals surface area contributed by atoms with Crippen molar-refractivity contribution in [1.29, 1.82) is 0 Å². The first-order chi connectivity index (χ1) is 8.66. The van der Waals surface area contributed by atoms with Crippen LogP contribution in [-0.2, 0) is 0 Å². The Morgan fingerprint density at radius 2 is 1.72 bits per heavy atom. The molecule has 1 aromatic carbocycles. The van der Waals surface area contributed by atoms with Crippen molar-refractivity contribution in [3.05, 3.63) is 65.1 Å². The predicted octanol–water partition coefficient (Wildman–Crippen LogP) is 2.56. The van der Waals surface area contributed by atoms with Gasteiger partial charge in [0.2, 0.25) is 5.69 Å². The van der Waals surface area contributed by atoms with Gasteiger partial charge in [-0.15, -0.1) is 0 Å². The van der Waals surface area contributed by atoms with Gasteiger partial charge in [0.25, 0.3) is 0 Å². The molecule has 18 heavy (non-hydrogen) atoms. The summed E-state index contributed by atoms with van der Waals surface area (Å²) in [6.07, 6.45) is 5.25. The predicted molar refractivity (Wildman–Crippen MR) is 75.1 cm³/mol. The summed E-state index contributed by atoms with van der Waals surface area (Å²) in [6, 6.07) is 13.5. The standard InChI is InChI=1S/C15H16N2O/c1-16(2)14-9-6-13(7-10-14)8-11-15-5-3-4-12-17(15)18/h3-12H,1-2H3. The Hall–Kier alpha value is -2.29. The Balaban J connectivity index is 2.17. The number of pyridine rings is 1. The summed E-state index contributed by atoms with van der Waals surface area (Å²) in [5, 5.41) is 11.4. The van der Waals surface area contributed by atoms with Gasteiger partial charge in [0.15, 0.2) is 6.20 Å². The average Bonchev–Trinajstić information content (AvgIpc) is 2.38. The molecule has 0 bridgehead atoms. The molecule has 0 N–H and O–H groups in total. The molecule has 0 saturated heterocycles. The van der Waals surface area contributed by atoms with Crippen LogP contribution in [0.4, 0.5) is 5.69 Å². The maximum atomic E-state index is 11.4. The van der Waals surface area contributed by atoms with Gasteiger partial charge in [0.05, 0.1) is 0 Å². The van der Waals surface area contributed by atoms with Gasteiger partial charge in [-0.3, -0.25) is 0 Å². The first kappa shape index (κ1) is 12.2. The zero-order valence-corrected chi connectivity index (χ0v) is 10.6. The molecule has 0 atom stereocenters. The monoisotopic (exact) mass is 240 g/mol. The average molecular weight is 240 g/mol. The van der Waals surface area contributed by atoms with Gasteiger partial charge in [-0.2, -0.15) is 4.73 Å². The first-order valence-corrected chi connectivity index (χ1v) is 5.80. The lowest BCUT2D eigenvalue weighted by atomic mass is 10.1. The quantitative estimate of drug-likeness (QED) is 0.609. The van der Waals surface area contributed by atoms with E-state index in [1.807, 2.05) is 44.4 Å². The van der Waals surface area contributed by atoms with Crippen LogP contribution in [0.2, 0.25) is 0 Å². The second kappa shape index (κ2) is 5.36.